The summed E-state index contributed by atoms with van der Waals surface area (Å²) in [6.07, 6.45) is 0. The molecule has 1 atom stereocenters. The monoisotopic (exact) mass is 268 g/mol. The first-order valence-corrected chi connectivity index (χ1v) is 6.58. The summed E-state index contributed by atoms with van der Waals surface area (Å²) in [5.74, 6) is 0.906. The molecule has 68 valence electrons. The predicted molar refractivity (Wildman–Crippen MR) is 55.8 cm³/mol. The smallest absolute Gasteiger partial charge is 0.0591 e. The molecule has 0 spiro atoms. The number of rotatable bonds is 4. The molecule has 1 aromatic rings. The number of hydrogen-bond donors (Lipinski definition) is 1. The Bertz CT molecular complexity index is 272. The van der Waals surface area contributed by atoms with Crippen molar-refractivity contribution in [3.8, 4) is 0 Å². The minimum atomic E-state index is -0.929. The van der Waals surface area contributed by atoms with Crippen LogP contribution in [0.2, 0.25) is 0 Å². The Labute approximate surface area is 86.2 Å². The summed E-state index contributed by atoms with van der Waals surface area (Å²) in [4.78, 5) is 1.08. The van der Waals surface area contributed by atoms with Gasteiger partial charge in [-0.3, -0.25) is 4.21 Å². The number of halogens is 1. The Balaban J connectivity index is 2.52. The van der Waals surface area contributed by atoms with Crippen LogP contribution < -0.4 is 0 Å². The topological polar surface area (TPSA) is 37.3 Å². The van der Waals surface area contributed by atoms with Crippen molar-refractivity contribution in [2.45, 2.75) is 5.75 Å². The van der Waals surface area contributed by atoms with Crippen LogP contribution in [0.25, 0.3) is 0 Å². The summed E-state index contributed by atoms with van der Waals surface area (Å²) in [7, 11) is -0.929. The molecule has 5 heteroatoms. The van der Waals surface area contributed by atoms with Crippen LogP contribution in [0, 0.1) is 0 Å². The maximum atomic E-state index is 11.2. The fourth-order valence-electron chi connectivity index (χ4n) is 0.748. The van der Waals surface area contributed by atoms with E-state index in [1.165, 1.54) is 0 Å². The maximum Gasteiger partial charge on any atom is 0.0591 e. The lowest BCUT2D eigenvalue weighted by molar-refractivity contribution is 0.321. The van der Waals surface area contributed by atoms with E-state index in [1.54, 1.807) is 11.3 Å². The van der Waals surface area contributed by atoms with Crippen LogP contribution >= 0.6 is 27.3 Å². The molecule has 1 aromatic heterocycles. The Morgan fingerprint density at radius 3 is 2.92 bits per heavy atom. The van der Waals surface area contributed by atoms with Crippen molar-refractivity contribution < 1.29 is 9.32 Å². The van der Waals surface area contributed by atoms with Crippen molar-refractivity contribution in [1.82, 2.24) is 0 Å². The molecule has 0 bridgehead atoms. The third kappa shape index (κ3) is 2.97. The SMILES string of the molecule is O=S(CCO)Cc1sccc1Br. The lowest BCUT2D eigenvalue weighted by Gasteiger charge is -1.97. The van der Waals surface area contributed by atoms with Crippen LogP contribution in [0.3, 0.4) is 0 Å². The number of aliphatic hydroxyl groups excluding tert-OH is 1. The molecule has 0 amide bonds. The van der Waals surface area contributed by atoms with Gasteiger partial charge in [0, 0.05) is 25.9 Å². The van der Waals surface area contributed by atoms with Crippen LogP contribution in [0.5, 0.6) is 0 Å². The zero-order chi connectivity index (χ0) is 8.97. The lowest BCUT2D eigenvalue weighted by atomic mass is 10.5. The van der Waals surface area contributed by atoms with E-state index in [0.29, 0.717) is 11.5 Å². The highest BCUT2D eigenvalue weighted by Gasteiger charge is 2.05. The van der Waals surface area contributed by atoms with E-state index in [0.717, 1.165) is 9.35 Å². The molecule has 1 unspecified atom stereocenters. The van der Waals surface area contributed by atoms with Crippen molar-refractivity contribution in [3.63, 3.8) is 0 Å². The third-order valence-electron chi connectivity index (χ3n) is 1.30. The zero-order valence-electron chi connectivity index (χ0n) is 6.33. The molecular formula is C7H9BrO2S2. The normalized spacial score (nSPS) is 13.2. The van der Waals surface area contributed by atoms with Crippen molar-refractivity contribution in [1.29, 1.82) is 0 Å². The van der Waals surface area contributed by atoms with Crippen molar-refractivity contribution in [2.75, 3.05) is 12.4 Å². The molecule has 1 heterocycles. The molecule has 0 aliphatic heterocycles. The van der Waals surface area contributed by atoms with E-state index in [1.807, 2.05) is 11.4 Å². The van der Waals surface area contributed by atoms with E-state index in [9.17, 15) is 4.21 Å². The lowest BCUT2D eigenvalue weighted by Crippen LogP contribution is -2.03. The summed E-state index contributed by atoms with van der Waals surface area (Å²) in [6.45, 7) is -0.00436. The summed E-state index contributed by atoms with van der Waals surface area (Å²) in [5.41, 5.74) is 0. The van der Waals surface area contributed by atoms with E-state index < -0.39 is 10.8 Å². The van der Waals surface area contributed by atoms with Crippen LogP contribution in [0.15, 0.2) is 15.9 Å². The van der Waals surface area contributed by atoms with Crippen LogP contribution in [-0.2, 0) is 16.6 Å². The molecule has 1 N–H and O–H groups in total. The molecule has 0 saturated heterocycles. The van der Waals surface area contributed by atoms with Gasteiger partial charge in [-0.15, -0.1) is 11.3 Å². The second kappa shape index (κ2) is 5.11. The number of hydrogen-bond acceptors (Lipinski definition) is 3. The molecule has 0 radical (unpaired) electrons. The molecule has 0 aliphatic carbocycles. The Morgan fingerprint density at radius 2 is 2.42 bits per heavy atom. The first-order chi connectivity index (χ1) is 5.74. The van der Waals surface area contributed by atoms with Gasteiger partial charge in [0.25, 0.3) is 0 Å². The number of aliphatic hydroxyl groups is 1. The van der Waals surface area contributed by atoms with Gasteiger partial charge in [-0.25, -0.2) is 0 Å². The van der Waals surface area contributed by atoms with Crippen molar-refractivity contribution in [2.24, 2.45) is 0 Å². The second-order valence-electron chi connectivity index (χ2n) is 2.20. The quantitative estimate of drug-likeness (QED) is 0.904. The van der Waals surface area contributed by atoms with Crippen molar-refractivity contribution >= 4 is 38.1 Å². The summed E-state index contributed by atoms with van der Waals surface area (Å²) in [5, 5.41) is 10.5. The highest BCUT2D eigenvalue weighted by atomic mass is 79.9. The average molecular weight is 269 g/mol. The van der Waals surface area contributed by atoms with Gasteiger partial charge in [-0.1, -0.05) is 0 Å². The molecule has 2 nitrogen and oxygen atoms in total. The first kappa shape index (κ1) is 10.4. The van der Waals surface area contributed by atoms with Gasteiger partial charge in [-0.2, -0.15) is 0 Å². The van der Waals surface area contributed by atoms with Gasteiger partial charge < -0.3 is 5.11 Å². The highest BCUT2D eigenvalue weighted by Crippen LogP contribution is 2.23. The van der Waals surface area contributed by atoms with Crippen LogP contribution in [-0.4, -0.2) is 21.7 Å². The van der Waals surface area contributed by atoms with E-state index in [-0.39, 0.29) is 6.61 Å². The van der Waals surface area contributed by atoms with E-state index >= 15 is 0 Å². The molecule has 0 aliphatic rings. The van der Waals surface area contributed by atoms with Gasteiger partial charge in [0.15, 0.2) is 0 Å². The van der Waals surface area contributed by atoms with Crippen LogP contribution in [0.1, 0.15) is 4.88 Å². The summed E-state index contributed by atoms with van der Waals surface area (Å²) in [6, 6.07) is 1.94. The molecule has 1 rings (SSSR count). The zero-order valence-corrected chi connectivity index (χ0v) is 9.54. The molecule has 0 saturated carbocycles. The van der Waals surface area contributed by atoms with Crippen LogP contribution in [0.4, 0.5) is 0 Å². The first-order valence-electron chi connectivity index (χ1n) is 3.41. The fourth-order valence-corrected chi connectivity index (χ4v) is 3.67. The van der Waals surface area contributed by atoms with Gasteiger partial charge in [0.05, 0.1) is 12.4 Å². The largest absolute Gasteiger partial charge is 0.395 e. The van der Waals surface area contributed by atoms with Gasteiger partial charge in [0.1, 0.15) is 0 Å². The minimum absolute atomic E-state index is 0.00436. The molecular weight excluding hydrogens is 260 g/mol. The van der Waals surface area contributed by atoms with E-state index in [4.69, 9.17) is 5.11 Å². The standard InChI is InChI=1S/C7H9BrO2S2/c8-6-1-3-11-7(6)5-12(10)4-2-9/h1,3,9H,2,4-5H2. The molecule has 0 aromatic carbocycles. The summed E-state index contributed by atoms with van der Waals surface area (Å²) < 4.78 is 12.2. The van der Waals surface area contributed by atoms with Gasteiger partial charge in [0.2, 0.25) is 0 Å². The second-order valence-corrected chi connectivity index (χ2v) is 5.64. The highest BCUT2D eigenvalue weighted by molar-refractivity contribution is 9.10. The van der Waals surface area contributed by atoms with E-state index in [2.05, 4.69) is 15.9 Å². The number of thiophene rings is 1. The summed E-state index contributed by atoms with van der Waals surface area (Å²) >= 11 is 4.94. The molecule has 12 heavy (non-hydrogen) atoms. The average Bonchev–Trinajstić information content (AvgIpc) is 2.37. The van der Waals surface area contributed by atoms with Gasteiger partial charge in [-0.05, 0) is 27.4 Å². The predicted octanol–water partition coefficient (Wildman–Crippen LogP) is 1.75. The fraction of sp³-hybridized carbons (Fsp3) is 0.429. The Morgan fingerprint density at radius 1 is 1.67 bits per heavy atom. The Hall–Kier alpha value is 0.290. The molecule has 0 fully saturated rings. The third-order valence-corrected chi connectivity index (χ3v) is 4.66. The van der Waals surface area contributed by atoms with Crippen molar-refractivity contribution in [3.05, 3.63) is 20.8 Å². The van der Waals surface area contributed by atoms with Gasteiger partial charge >= 0.3 is 0 Å². The minimum Gasteiger partial charge on any atom is -0.395 e. The Kier molecular flexibility index (Phi) is 4.42. The maximum absolute atomic E-state index is 11.2.